The summed E-state index contributed by atoms with van der Waals surface area (Å²) < 4.78 is 4.19. The van der Waals surface area contributed by atoms with Crippen LogP contribution in [0.2, 0.25) is 0 Å². The average Bonchev–Trinajstić information content (AvgIpc) is 3.75. The molecule has 54 heavy (non-hydrogen) atoms. The molecule has 0 saturated heterocycles. The Morgan fingerprint density at radius 1 is 1.06 bits per heavy atom. The maximum Gasteiger partial charge on any atom is 0.143 e. The standard InChI is InChI=1S/C30H43N3OS.C12H22.C3H6O.C3H8/c1-5-8-9-10-15-24-20-25(17-12-18-26(34)14-7-3)32-27(24)21-29-30(31)33(22(4)35-29)28-19-11-16-23(28)13-6-2;1-10(2)7-8-11(3)9-12(4,5)6;1-3(2)4;1-3-2/h7,12,14,17-18,20-21,23,28,31-32,34H,4-6,8-11,13,15-16,19H2,1-3H3;1,3,7-9H2,2,4-6H3;1-2H3;3H2,1-2H3/b14-7-,17-12+,26-18+,29-21-,31-30?;;;. The fourth-order valence-corrected chi connectivity index (χ4v) is 7.47. The van der Waals surface area contributed by atoms with Gasteiger partial charge in [-0.2, -0.15) is 0 Å². The number of rotatable bonds is 16. The van der Waals surface area contributed by atoms with Crippen molar-refractivity contribution in [1.29, 1.82) is 5.41 Å². The summed E-state index contributed by atoms with van der Waals surface area (Å²) in [5, 5.41) is 18.8. The normalized spacial score (nSPS) is 16.1. The summed E-state index contributed by atoms with van der Waals surface area (Å²) in [5.41, 5.74) is 6.98. The van der Waals surface area contributed by atoms with Gasteiger partial charge in [0.1, 0.15) is 17.0 Å². The number of carbonyl (C=O) groups excluding carboxylic acids is 1. The minimum absolute atomic E-state index is 0.167. The molecule has 0 radical (unpaired) electrons. The highest BCUT2D eigenvalue weighted by atomic mass is 32.1. The number of nitrogens with one attached hydrogen (secondary N) is 2. The predicted octanol–water partition coefficient (Wildman–Crippen LogP) is 13.2. The molecule has 2 aromatic heterocycles. The minimum Gasteiger partial charge on any atom is -0.508 e. The first-order valence-electron chi connectivity index (χ1n) is 20.6. The number of unbranched alkanes of at least 4 members (excludes halogenated alkanes) is 3. The summed E-state index contributed by atoms with van der Waals surface area (Å²) >= 11 is 1.64. The van der Waals surface area contributed by atoms with Crippen molar-refractivity contribution < 1.29 is 9.90 Å². The first-order chi connectivity index (χ1) is 25.4. The zero-order chi connectivity index (χ0) is 41.3. The third-order valence-corrected chi connectivity index (χ3v) is 9.64. The Kier molecular flexibility index (Phi) is 26.3. The number of nitrogens with zero attached hydrogens (tertiary/aromatic N) is 1. The largest absolute Gasteiger partial charge is 0.508 e. The van der Waals surface area contributed by atoms with E-state index >= 15 is 0 Å². The van der Waals surface area contributed by atoms with Crippen LogP contribution in [0.4, 0.5) is 0 Å². The Morgan fingerprint density at radius 2 is 1.70 bits per heavy atom. The Bertz CT molecular complexity index is 1650. The molecule has 0 aliphatic heterocycles. The average molecular weight is 762 g/mol. The van der Waals surface area contributed by atoms with E-state index in [2.05, 4.69) is 96.8 Å². The number of aliphatic hydroxyl groups excluding tert-OH is 1. The lowest BCUT2D eigenvalue weighted by Gasteiger charge is -2.20. The fraction of sp³-hybridized carbons (Fsp3) is 0.583. The maximum atomic E-state index is 9.83. The molecule has 0 spiro atoms. The zero-order valence-electron chi connectivity index (χ0n) is 36.4. The molecule has 1 fully saturated rings. The number of H-pyrrole nitrogens is 1. The number of hydrogen-bond donors (Lipinski definition) is 3. The monoisotopic (exact) mass is 762 g/mol. The van der Waals surface area contributed by atoms with Crippen molar-refractivity contribution in [2.45, 2.75) is 172 Å². The molecule has 2 atom stereocenters. The molecule has 2 unspecified atom stereocenters. The summed E-state index contributed by atoms with van der Waals surface area (Å²) in [6, 6.07) is 2.63. The first-order valence-corrected chi connectivity index (χ1v) is 21.4. The van der Waals surface area contributed by atoms with Gasteiger partial charge in [-0.15, -0.1) is 17.9 Å². The molecule has 1 saturated carbocycles. The van der Waals surface area contributed by atoms with E-state index < -0.39 is 0 Å². The molecule has 6 heteroatoms. The number of carbonyl (C=O) groups is 1. The van der Waals surface area contributed by atoms with Crippen molar-refractivity contribution in [1.82, 2.24) is 9.55 Å². The molecule has 5 nitrogen and oxygen atoms in total. The molecular formula is C48H79N3O2S. The number of allylic oxidation sites excluding steroid dienone is 6. The Labute approximate surface area is 335 Å². The number of aryl methyl sites for hydroxylation is 1. The van der Waals surface area contributed by atoms with Crippen molar-refractivity contribution >= 4 is 35.9 Å². The summed E-state index contributed by atoms with van der Waals surface area (Å²) in [5.74, 6) is 1.07. The summed E-state index contributed by atoms with van der Waals surface area (Å²) in [6.45, 7) is 34.8. The predicted molar refractivity (Wildman–Crippen MR) is 241 cm³/mol. The molecular weight excluding hydrogens is 683 g/mol. The lowest BCUT2D eigenvalue weighted by Crippen LogP contribution is -2.36. The zero-order valence-corrected chi connectivity index (χ0v) is 37.2. The van der Waals surface area contributed by atoms with Gasteiger partial charge in [-0.25, -0.2) is 0 Å². The molecule has 0 bridgehead atoms. The molecule has 0 amide bonds. The molecule has 2 heterocycles. The van der Waals surface area contributed by atoms with Gasteiger partial charge in [0.2, 0.25) is 0 Å². The van der Waals surface area contributed by atoms with Crippen LogP contribution in [-0.4, -0.2) is 20.4 Å². The molecule has 3 N–H and O–H groups in total. The lowest BCUT2D eigenvalue weighted by molar-refractivity contribution is -0.115. The van der Waals surface area contributed by atoms with Gasteiger partial charge in [-0.3, -0.25) is 5.41 Å². The van der Waals surface area contributed by atoms with Gasteiger partial charge in [-0.1, -0.05) is 123 Å². The van der Waals surface area contributed by atoms with E-state index in [1.54, 1.807) is 23.5 Å². The molecule has 2 aromatic rings. The van der Waals surface area contributed by atoms with E-state index in [0.29, 0.717) is 22.9 Å². The van der Waals surface area contributed by atoms with E-state index in [9.17, 15) is 9.90 Å². The second-order valence-corrected chi connectivity index (χ2v) is 17.4. The van der Waals surface area contributed by atoms with Crippen LogP contribution < -0.4 is 14.7 Å². The summed E-state index contributed by atoms with van der Waals surface area (Å²) in [4.78, 5) is 13.0. The van der Waals surface area contributed by atoms with Crippen molar-refractivity contribution in [3.8, 4) is 0 Å². The van der Waals surface area contributed by atoms with Crippen LogP contribution >= 0.6 is 11.3 Å². The van der Waals surface area contributed by atoms with Crippen molar-refractivity contribution in [2.75, 3.05) is 0 Å². The Morgan fingerprint density at radius 3 is 2.26 bits per heavy atom. The fourth-order valence-electron chi connectivity index (χ4n) is 6.52. The van der Waals surface area contributed by atoms with Gasteiger partial charge in [0.05, 0.1) is 9.20 Å². The first kappa shape index (κ1) is 50.6. The number of aliphatic hydroxyl groups is 1. The van der Waals surface area contributed by atoms with E-state index in [1.165, 1.54) is 81.9 Å². The molecule has 304 valence electrons. The summed E-state index contributed by atoms with van der Waals surface area (Å²) in [6.07, 6.45) is 27.8. The topological polar surface area (TPSA) is 81.9 Å². The van der Waals surface area contributed by atoms with Crippen LogP contribution in [-0.2, 0) is 11.2 Å². The van der Waals surface area contributed by atoms with Crippen LogP contribution in [0.5, 0.6) is 0 Å². The molecule has 3 rings (SSSR count). The lowest BCUT2D eigenvalue weighted by atomic mass is 9.87. The number of aromatic nitrogens is 2. The quantitative estimate of drug-likeness (QED) is 0.0689. The number of thiazole rings is 1. The van der Waals surface area contributed by atoms with E-state index in [4.69, 9.17) is 5.41 Å². The van der Waals surface area contributed by atoms with Crippen LogP contribution in [0.15, 0.2) is 60.4 Å². The number of aromatic amines is 1. The van der Waals surface area contributed by atoms with Gasteiger partial charge < -0.3 is 19.5 Å². The second-order valence-electron chi connectivity index (χ2n) is 16.3. The SMILES string of the molecule is C=C(C)CCC(=C)CC(C)(C)C.C=c1s/c(=C\c2[nH]c(/C=C/C=C(O)\C=C/C)cc2CCCCCC)c(=N)n1C1CCCC1CCC.CC(C)=O.CCC. The van der Waals surface area contributed by atoms with Crippen molar-refractivity contribution in [3.05, 3.63) is 92.1 Å². The highest BCUT2D eigenvalue weighted by molar-refractivity contribution is 7.07. The van der Waals surface area contributed by atoms with Crippen LogP contribution in [0.25, 0.3) is 18.7 Å². The Balaban J connectivity index is 0.00000122. The Hall–Kier alpha value is -3.38. The van der Waals surface area contributed by atoms with E-state index in [0.717, 1.165) is 59.1 Å². The minimum atomic E-state index is 0.167. The molecule has 1 aliphatic rings. The van der Waals surface area contributed by atoms with Gasteiger partial charge in [0, 0.05) is 17.4 Å². The highest BCUT2D eigenvalue weighted by Gasteiger charge is 2.29. The van der Waals surface area contributed by atoms with Crippen LogP contribution in [0.1, 0.15) is 183 Å². The van der Waals surface area contributed by atoms with Gasteiger partial charge in [0.15, 0.2) is 0 Å². The van der Waals surface area contributed by atoms with E-state index in [-0.39, 0.29) is 11.5 Å². The van der Waals surface area contributed by atoms with Crippen molar-refractivity contribution in [2.24, 2.45) is 11.3 Å². The highest BCUT2D eigenvalue weighted by Crippen LogP contribution is 2.37. The maximum absolute atomic E-state index is 9.83. The molecule has 0 aromatic carbocycles. The van der Waals surface area contributed by atoms with Crippen LogP contribution in [0.3, 0.4) is 0 Å². The number of Topliss-reactive ketones (excluding diaryl/α,β-unsaturated/α-hetero) is 1. The van der Waals surface area contributed by atoms with Gasteiger partial charge in [0.25, 0.3) is 0 Å². The van der Waals surface area contributed by atoms with Crippen molar-refractivity contribution in [3.63, 3.8) is 0 Å². The third kappa shape index (κ3) is 22.1. The van der Waals surface area contributed by atoms with Gasteiger partial charge in [-0.05, 0) is 126 Å². The molecule has 1 aliphatic carbocycles. The number of ketones is 1. The van der Waals surface area contributed by atoms with Crippen LogP contribution in [0, 0.1) is 16.7 Å². The van der Waals surface area contributed by atoms with E-state index in [1.807, 2.05) is 25.2 Å². The summed E-state index contributed by atoms with van der Waals surface area (Å²) in [7, 11) is 0. The third-order valence-electron chi connectivity index (χ3n) is 8.68. The second kappa shape index (κ2) is 28.1. The van der Waals surface area contributed by atoms with Gasteiger partial charge >= 0.3 is 0 Å². The number of hydrogen-bond acceptors (Lipinski definition) is 4. The smallest absolute Gasteiger partial charge is 0.143 e.